The van der Waals surface area contributed by atoms with Crippen LogP contribution in [0.3, 0.4) is 0 Å². The molecular formula is C6H10N2S. The molecule has 0 amide bonds. The second-order valence-electron chi connectivity index (χ2n) is 2.22. The van der Waals surface area contributed by atoms with Gasteiger partial charge in [-0.3, -0.25) is 0 Å². The van der Waals surface area contributed by atoms with Crippen molar-refractivity contribution >= 4 is 17.4 Å². The van der Waals surface area contributed by atoms with E-state index in [0.29, 0.717) is 6.04 Å². The molecule has 0 unspecified atom stereocenters. The summed E-state index contributed by atoms with van der Waals surface area (Å²) < 4.78 is 0. The lowest BCUT2D eigenvalue weighted by atomic mass is 10.1. The zero-order valence-electron chi connectivity index (χ0n) is 5.26. The van der Waals surface area contributed by atoms with E-state index in [-0.39, 0.29) is 0 Å². The lowest BCUT2D eigenvalue weighted by Crippen LogP contribution is -2.32. The Bertz CT molecular complexity index is 123. The molecule has 9 heavy (non-hydrogen) atoms. The highest BCUT2D eigenvalue weighted by Gasteiger charge is 2.09. The fourth-order valence-corrected chi connectivity index (χ4v) is 1.17. The van der Waals surface area contributed by atoms with Gasteiger partial charge in [-0.1, -0.05) is 0 Å². The fourth-order valence-electron chi connectivity index (χ4n) is 1.02. The molecule has 0 bridgehead atoms. The van der Waals surface area contributed by atoms with Crippen LogP contribution in [0.25, 0.3) is 0 Å². The van der Waals surface area contributed by atoms with Crippen LogP contribution >= 0.6 is 12.2 Å². The minimum Gasteiger partial charge on any atom is -0.315 e. The maximum atomic E-state index is 4.49. The van der Waals surface area contributed by atoms with Gasteiger partial charge >= 0.3 is 0 Å². The Morgan fingerprint density at radius 1 is 1.67 bits per heavy atom. The number of aliphatic imine (C=N–C) groups is 1. The maximum absolute atomic E-state index is 4.49. The number of nitrogens with one attached hydrogen (secondary N) is 1. The van der Waals surface area contributed by atoms with E-state index in [1.807, 2.05) is 0 Å². The number of hydrogen-bond acceptors (Lipinski definition) is 3. The Labute approximate surface area is 60.4 Å². The average Bonchev–Trinajstić information content (AvgIpc) is 1.91. The minimum atomic E-state index is 0.399. The number of isothiocyanates is 1. The zero-order chi connectivity index (χ0) is 6.53. The molecule has 1 aliphatic heterocycles. The summed E-state index contributed by atoms with van der Waals surface area (Å²) in [5.41, 5.74) is 0. The van der Waals surface area contributed by atoms with Crippen LogP contribution in [0.1, 0.15) is 12.8 Å². The maximum Gasteiger partial charge on any atom is 0.0727 e. The summed E-state index contributed by atoms with van der Waals surface area (Å²) in [5, 5.41) is 5.65. The molecule has 1 rings (SSSR count). The number of thiocarbonyl (C=S) groups is 1. The first kappa shape index (κ1) is 6.87. The normalized spacial score (nSPS) is 26.9. The summed E-state index contributed by atoms with van der Waals surface area (Å²) in [6.45, 7) is 2.10. The summed E-state index contributed by atoms with van der Waals surface area (Å²) >= 11 is 4.49. The Balaban J connectivity index is 2.31. The molecule has 0 aromatic carbocycles. The third kappa shape index (κ3) is 2.22. The van der Waals surface area contributed by atoms with Gasteiger partial charge in [-0.05, 0) is 31.6 Å². The van der Waals surface area contributed by atoms with Crippen molar-refractivity contribution in [3.8, 4) is 0 Å². The highest BCUT2D eigenvalue weighted by molar-refractivity contribution is 7.78. The van der Waals surface area contributed by atoms with E-state index in [1.165, 1.54) is 6.42 Å². The number of hydrogen-bond donors (Lipinski definition) is 1. The first-order valence-electron chi connectivity index (χ1n) is 3.21. The molecule has 1 fully saturated rings. The van der Waals surface area contributed by atoms with Gasteiger partial charge in [0.05, 0.1) is 11.2 Å². The van der Waals surface area contributed by atoms with E-state index in [1.54, 1.807) is 0 Å². The number of rotatable bonds is 1. The van der Waals surface area contributed by atoms with E-state index in [0.717, 1.165) is 19.5 Å². The zero-order valence-corrected chi connectivity index (χ0v) is 6.08. The molecular weight excluding hydrogens is 132 g/mol. The van der Waals surface area contributed by atoms with Crippen molar-refractivity contribution < 1.29 is 0 Å². The van der Waals surface area contributed by atoms with Crippen molar-refractivity contribution in [2.75, 3.05) is 13.1 Å². The third-order valence-corrected chi connectivity index (χ3v) is 1.61. The molecule has 1 atom stereocenters. The predicted octanol–water partition coefficient (Wildman–Crippen LogP) is 0.841. The molecule has 1 heterocycles. The standard InChI is InChI=1S/C6H10N2S/c9-5-8-6-2-1-3-7-4-6/h6-7H,1-4H2/t6-/m0/s1. The van der Waals surface area contributed by atoms with Crippen LogP contribution in [0.4, 0.5) is 0 Å². The van der Waals surface area contributed by atoms with Crippen LogP contribution in [0.2, 0.25) is 0 Å². The molecule has 0 aromatic rings. The first-order valence-corrected chi connectivity index (χ1v) is 3.62. The Morgan fingerprint density at radius 2 is 2.56 bits per heavy atom. The quantitative estimate of drug-likeness (QED) is 0.433. The minimum absolute atomic E-state index is 0.399. The van der Waals surface area contributed by atoms with Gasteiger partial charge in [0.15, 0.2) is 0 Å². The summed E-state index contributed by atoms with van der Waals surface area (Å²) in [4.78, 5) is 3.99. The Hall–Kier alpha value is -0.240. The van der Waals surface area contributed by atoms with Gasteiger partial charge < -0.3 is 5.32 Å². The Morgan fingerprint density at radius 3 is 3.11 bits per heavy atom. The summed E-state index contributed by atoms with van der Waals surface area (Å²) in [6, 6.07) is 0.399. The van der Waals surface area contributed by atoms with Crippen LogP contribution in [-0.2, 0) is 0 Å². The lowest BCUT2D eigenvalue weighted by Gasteiger charge is -2.17. The van der Waals surface area contributed by atoms with E-state index >= 15 is 0 Å². The monoisotopic (exact) mass is 142 g/mol. The van der Waals surface area contributed by atoms with Gasteiger partial charge in [0.2, 0.25) is 0 Å². The van der Waals surface area contributed by atoms with Crippen LogP contribution in [-0.4, -0.2) is 24.3 Å². The van der Waals surface area contributed by atoms with E-state index in [2.05, 4.69) is 27.7 Å². The predicted molar refractivity (Wildman–Crippen MR) is 40.9 cm³/mol. The average molecular weight is 142 g/mol. The summed E-state index contributed by atoms with van der Waals surface area (Å²) in [7, 11) is 0. The van der Waals surface area contributed by atoms with Crippen LogP contribution in [0.15, 0.2) is 4.99 Å². The van der Waals surface area contributed by atoms with Crippen LogP contribution in [0.5, 0.6) is 0 Å². The third-order valence-electron chi connectivity index (χ3n) is 1.51. The second-order valence-corrected chi connectivity index (χ2v) is 2.40. The van der Waals surface area contributed by atoms with Crippen molar-refractivity contribution in [3.63, 3.8) is 0 Å². The van der Waals surface area contributed by atoms with Crippen LogP contribution in [0, 0.1) is 0 Å². The van der Waals surface area contributed by atoms with Gasteiger partial charge in [0.25, 0.3) is 0 Å². The molecule has 50 valence electrons. The van der Waals surface area contributed by atoms with Gasteiger partial charge in [0, 0.05) is 6.54 Å². The molecule has 0 aliphatic carbocycles. The largest absolute Gasteiger partial charge is 0.315 e. The van der Waals surface area contributed by atoms with Crippen molar-refractivity contribution in [2.24, 2.45) is 4.99 Å². The van der Waals surface area contributed by atoms with Crippen molar-refractivity contribution in [2.45, 2.75) is 18.9 Å². The van der Waals surface area contributed by atoms with Crippen LogP contribution < -0.4 is 5.32 Å². The molecule has 1 aliphatic rings. The molecule has 1 N–H and O–H groups in total. The van der Waals surface area contributed by atoms with Gasteiger partial charge in [-0.2, -0.15) is 0 Å². The van der Waals surface area contributed by atoms with Gasteiger partial charge in [0.1, 0.15) is 0 Å². The molecule has 0 spiro atoms. The Kier molecular flexibility index (Phi) is 2.84. The molecule has 3 heteroatoms. The molecule has 2 nitrogen and oxygen atoms in total. The smallest absolute Gasteiger partial charge is 0.0727 e. The topological polar surface area (TPSA) is 24.4 Å². The highest BCUT2D eigenvalue weighted by Crippen LogP contribution is 2.03. The van der Waals surface area contributed by atoms with Crippen molar-refractivity contribution in [1.82, 2.24) is 5.32 Å². The molecule has 0 saturated carbocycles. The second kappa shape index (κ2) is 3.72. The number of piperidine rings is 1. The van der Waals surface area contributed by atoms with Gasteiger partial charge in [-0.15, -0.1) is 0 Å². The molecule has 0 aromatic heterocycles. The summed E-state index contributed by atoms with van der Waals surface area (Å²) in [5.74, 6) is 0. The molecule has 1 saturated heterocycles. The van der Waals surface area contributed by atoms with Gasteiger partial charge in [-0.25, -0.2) is 4.99 Å². The van der Waals surface area contributed by atoms with E-state index in [9.17, 15) is 0 Å². The SMILES string of the molecule is S=C=N[C@H]1CCCNC1. The fraction of sp³-hybridized carbons (Fsp3) is 0.833. The number of nitrogens with zero attached hydrogens (tertiary/aromatic N) is 1. The van der Waals surface area contributed by atoms with Crippen molar-refractivity contribution in [1.29, 1.82) is 0 Å². The lowest BCUT2D eigenvalue weighted by molar-refractivity contribution is 0.462. The first-order chi connectivity index (χ1) is 4.43. The van der Waals surface area contributed by atoms with E-state index < -0.39 is 0 Å². The highest BCUT2D eigenvalue weighted by atomic mass is 32.1. The van der Waals surface area contributed by atoms with Crippen molar-refractivity contribution in [3.05, 3.63) is 0 Å². The van der Waals surface area contributed by atoms with E-state index in [4.69, 9.17) is 0 Å². The molecule has 0 radical (unpaired) electrons. The summed E-state index contributed by atoms with van der Waals surface area (Å²) in [6.07, 6.45) is 2.38.